The number of anilines is 1. The number of benzene rings is 2. The van der Waals surface area contributed by atoms with Gasteiger partial charge in [0.2, 0.25) is 11.8 Å². The van der Waals surface area contributed by atoms with E-state index in [0.717, 1.165) is 16.8 Å². The number of likely N-dealkylation sites (tertiary alicyclic amines) is 1. The van der Waals surface area contributed by atoms with Crippen molar-refractivity contribution in [2.75, 3.05) is 24.6 Å². The minimum Gasteiger partial charge on any atom is -0.460 e. The van der Waals surface area contributed by atoms with Crippen LogP contribution in [0.1, 0.15) is 55.3 Å². The molecule has 3 aliphatic heterocycles. The lowest BCUT2D eigenvalue weighted by Crippen LogP contribution is -2.57. The number of para-hydroxylation sites is 1. The second-order valence-corrected chi connectivity index (χ2v) is 12.8. The molecule has 3 amide bonds. The van der Waals surface area contributed by atoms with E-state index in [1.807, 2.05) is 62.4 Å². The molecule has 3 aliphatic rings. The Balaban J connectivity index is 1.52. The average Bonchev–Trinajstić information content (AvgIpc) is 3.70. The van der Waals surface area contributed by atoms with Crippen molar-refractivity contribution in [2.24, 2.45) is 11.8 Å². The Kier molecular flexibility index (Phi) is 10.3. The molecule has 7 atom stereocenters. The van der Waals surface area contributed by atoms with Gasteiger partial charge in [0.15, 0.2) is 0 Å². The summed E-state index contributed by atoms with van der Waals surface area (Å²) in [5, 5.41) is 13.5. The van der Waals surface area contributed by atoms with Crippen LogP contribution in [0.25, 0.3) is 0 Å². The van der Waals surface area contributed by atoms with Crippen molar-refractivity contribution < 1.29 is 33.8 Å². The summed E-state index contributed by atoms with van der Waals surface area (Å²) in [6.45, 7) is 12.9. The van der Waals surface area contributed by atoms with Crippen LogP contribution in [0.3, 0.4) is 0 Å². The summed E-state index contributed by atoms with van der Waals surface area (Å²) < 4.78 is 12.4. The van der Waals surface area contributed by atoms with Crippen molar-refractivity contribution >= 4 is 29.4 Å². The molecular weight excluding hydrogens is 598 g/mol. The molecule has 0 saturated carbocycles. The standard InChI is InChI=1S/C37H45N3O7/c1-6-8-17-29(42)38-21-25(5)46-36(45)30-28-18-19-37(47-28)31(30)34(43)40(27(22-41)26-15-10-9-11-16-26)33(37)35(44)39(20-7-2)32-23(3)13-12-14-24(32)4/h6-7,9-16,25,27-28,30-31,33,41H,1-2,8,17-22H2,3-5H3,(H,38,42)/t25-,27-,28+,30-,31-,33+,37-/m1/s1. The molecule has 5 rings (SSSR count). The van der Waals surface area contributed by atoms with Gasteiger partial charge in [-0.25, -0.2) is 0 Å². The van der Waals surface area contributed by atoms with Gasteiger partial charge in [-0.3, -0.25) is 19.2 Å². The summed E-state index contributed by atoms with van der Waals surface area (Å²) in [6.07, 6.45) is 3.71. The molecule has 0 unspecified atom stereocenters. The van der Waals surface area contributed by atoms with E-state index in [-0.39, 0.29) is 31.3 Å². The van der Waals surface area contributed by atoms with Crippen molar-refractivity contribution in [1.82, 2.24) is 10.2 Å². The minimum atomic E-state index is -1.30. The Labute approximate surface area is 276 Å². The fourth-order valence-corrected chi connectivity index (χ4v) is 7.70. The highest BCUT2D eigenvalue weighted by Crippen LogP contribution is 2.60. The Morgan fingerprint density at radius 3 is 2.47 bits per heavy atom. The van der Waals surface area contributed by atoms with E-state index >= 15 is 4.79 Å². The molecule has 0 aromatic heterocycles. The number of esters is 1. The number of rotatable bonds is 14. The maximum Gasteiger partial charge on any atom is 0.312 e. The molecule has 0 radical (unpaired) electrons. The van der Waals surface area contributed by atoms with Crippen molar-refractivity contribution in [3.05, 3.63) is 90.5 Å². The normalized spacial score (nSPS) is 25.5. The summed E-state index contributed by atoms with van der Waals surface area (Å²) in [5.41, 5.74) is 1.85. The zero-order valence-electron chi connectivity index (χ0n) is 27.4. The van der Waals surface area contributed by atoms with Gasteiger partial charge in [0, 0.05) is 18.7 Å². The maximum absolute atomic E-state index is 15.0. The highest BCUT2D eigenvalue weighted by Gasteiger charge is 2.76. The number of hydrogen-bond acceptors (Lipinski definition) is 7. The van der Waals surface area contributed by atoms with E-state index in [2.05, 4.69) is 18.5 Å². The summed E-state index contributed by atoms with van der Waals surface area (Å²) in [6, 6.07) is 12.9. The van der Waals surface area contributed by atoms with E-state index in [0.29, 0.717) is 24.8 Å². The summed E-state index contributed by atoms with van der Waals surface area (Å²) in [5.74, 6) is -3.51. The van der Waals surface area contributed by atoms with Crippen LogP contribution in [0.5, 0.6) is 0 Å². The zero-order chi connectivity index (χ0) is 33.9. The lowest BCUT2D eigenvalue weighted by atomic mass is 9.70. The predicted molar refractivity (Wildman–Crippen MR) is 177 cm³/mol. The van der Waals surface area contributed by atoms with Crippen molar-refractivity contribution in [1.29, 1.82) is 0 Å². The molecule has 47 heavy (non-hydrogen) atoms. The Morgan fingerprint density at radius 2 is 1.83 bits per heavy atom. The van der Waals surface area contributed by atoms with Crippen molar-refractivity contribution in [2.45, 2.75) is 76.3 Å². The quantitative estimate of drug-likeness (QED) is 0.236. The molecule has 3 fully saturated rings. The average molecular weight is 644 g/mol. The molecule has 2 N–H and O–H groups in total. The smallest absolute Gasteiger partial charge is 0.312 e. The summed E-state index contributed by atoms with van der Waals surface area (Å²) in [4.78, 5) is 58.7. The van der Waals surface area contributed by atoms with Crippen LogP contribution in [0.4, 0.5) is 5.69 Å². The molecule has 2 aromatic rings. The lowest BCUT2D eigenvalue weighted by Gasteiger charge is -2.40. The van der Waals surface area contributed by atoms with Gasteiger partial charge < -0.3 is 29.7 Å². The summed E-state index contributed by atoms with van der Waals surface area (Å²) in [7, 11) is 0. The number of aryl methyl sites for hydroxylation is 2. The minimum absolute atomic E-state index is 0.115. The van der Waals surface area contributed by atoms with Crippen LogP contribution < -0.4 is 10.2 Å². The predicted octanol–water partition coefficient (Wildman–Crippen LogP) is 3.94. The maximum atomic E-state index is 15.0. The first-order valence-corrected chi connectivity index (χ1v) is 16.3. The lowest BCUT2D eigenvalue weighted by molar-refractivity contribution is -0.159. The third-order valence-electron chi connectivity index (χ3n) is 9.70. The first-order chi connectivity index (χ1) is 22.6. The number of ether oxygens (including phenoxy) is 2. The van der Waals surface area contributed by atoms with Crippen molar-refractivity contribution in [3.63, 3.8) is 0 Å². The van der Waals surface area contributed by atoms with Gasteiger partial charge in [-0.1, -0.05) is 60.7 Å². The Morgan fingerprint density at radius 1 is 1.13 bits per heavy atom. The highest BCUT2D eigenvalue weighted by molar-refractivity contribution is 6.05. The number of carbonyl (C=O) groups is 4. The number of aliphatic hydroxyl groups is 1. The van der Waals surface area contributed by atoms with Gasteiger partial charge in [-0.2, -0.15) is 0 Å². The molecule has 250 valence electrons. The SMILES string of the molecule is C=CCCC(=O)NC[C@@H](C)OC(=O)[C@@H]1[C@@H]2CC[C@]3(O2)[C@H](C(=O)N(CC=C)c2c(C)cccc2C)N([C@H](CO)c2ccccc2)C(=O)[C@@H]13. The van der Waals surface area contributed by atoms with Crippen molar-refractivity contribution in [3.8, 4) is 0 Å². The number of nitrogens with zero attached hydrogens (tertiary/aromatic N) is 2. The van der Waals surface area contributed by atoms with Crippen LogP contribution in [0.2, 0.25) is 0 Å². The van der Waals surface area contributed by atoms with Gasteiger partial charge in [0.05, 0.1) is 37.1 Å². The fraction of sp³-hybridized carbons (Fsp3) is 0.459. The van der Waals surface area contributed by atoms with E-state index < -0.39 is 60.2 Å². The van der Waals surface area contributed by atoms with E-state index in [1.165, 1.54) is 4.90 Å². The van der Waals surface area contributed by atoms with Crippen LogP contribution >= 0.6 is 0 Å². The highest BCUT2D eigenvalue weighted by atomic mass is 16.6. The molecule has 1 spiro atoms. The largest absolute Gasteiger partial charge is 0.460 e. The first kappa shape index (κ1) is 34.1. The number of amides is 3. The molecule has 2 bridgehead atoms. The molecule has 0 aliphatic carbocycles. The molecule has 10 nitrogen and oxygen atoms in total. The Bertz CT molecular complexity index is 1510. The van der Waals surface area contributed by atoms with E-state index in [1.54, 1.807) is 24.0 Å². The first-order valence-electron chi connectivity index (χ1n) is 16.3. The third-order valence-corrected chi connectivity index (χ3v) is 9.70. The molecule has 3 heterocycles. The van der Waals surface area contributed by atoms with Crippen LogP contribution in [-0.4, -0.2) is 77.2 Å². The van der Waals surface area contributed by atoms with E-state index in [4.69, 9.17) is 9.47 Å². The van der Waals surface area contributed by atoms with Crippen LogP contribution in [0.15, 0.2) is 73.8 Å². The fourth-order valence-electron chi connectivity index (χ4n) is 7.70. The number of carbonyl (C=O) groups excluding carboxylic acids is 4. The van der Waals surface area contributed by atoms with Gasteiger partial charge in [0.25, 0.3) is 5.91 Å². The molecule has 2 aromatic carbocycles. The topological polar surface area (TPSA) is 125 Å². The Hall–Kier alpha value is -4.28. The van der Waals surface area contributed by atoms with Gasteiger partial charge in [-0.15, -0.1) is 13.2 Å². The zero-order valence-corrected chi connectivity index (χ0v) is 27.4. The molecule has 3 saturated heterocycles. The second-order valence-electron chi connectivity index (χ2n) is 12.8. The number of hydrogen-bond donors (Lipinski definition) is 2. The van der Waals surface area contributed by atoms with Crippen LogP contribution in [0, 0.1) is 25.7 Å². The van der Waals surface area contributed by atoms with Gasteiger partial charge in [-0.05, 0) is 56.7 Å². The number of allylic oxidation sites excluding steroid dienone is 1. The van der Waals surface area contributed by atoms with Gasteiger partial charge in [0.1, 0.15) is 17.7 Å². The molecule has 10 heteroatoms. The number of nitrogens with one attached hydrogen (secondary N) is 1. The van der Waals surface area contributed by atoms with Gasteiger partial charge >= 0.3 is 5.97 Å². The summed E-state index contributed by atoms with van der Waals surface area (Å²) >= 11 is 0. The van der Waals surface area contributed by atoms with E-state index in [9.17, 15) is 19.5 Å². The molecular formula is C37H45N3O7. The second kappa shape index (κ2) is 14.2. The monoisotopic (exact) mass is 643 g/mol. The third kappa shape index (κ3) is 6.24. The number of fused-ring (bicyclic) bond motifs is 1. The number of aliphatic hydroxyl groups excluding tert-OH is 1. The van der Waals surface area contributed by atoms with Crippen LogP contribution in [-0.2, 0) is 28.7 Å².